The third-order valence-electron chi connectivity index (χ3n) is 8.44. The lowest BCUT2D eigenvalue weighted by Crippen LogP contribution is -2.41. The minimum Gasteiger partial charge on any atom is -0.493 e. The number of methoxy groups -OCH3 is 1. The van der Waals surface area contributed by atoms with E-state index in [1.807, 2.05) is 68.4 Å². The zero-order chi connectivity index (χ0) is 29.1. The van der Waals surface area contributed by atoms with Crippen molar-refractivity contribution in [2.75, 3.05) is 19.5 Å². The Kier molecular flexibility index (Phi) is 7.65. The van der Waals surface area contributed by atoms with Gasteiger partial charge in [0, 0.05) is 16.7 Å². The smallest absolute Gasteiger partial charge is 0.493 e. The Hall–Kier alpha value is -2.55. The van der Waals surface area contributed by atoms with Gasteiger partial charge in [-0.25, -0.2) is 4.79 Å². The lowest BCUT2D eigenvalue weighted by molar-refractivity contribution is -0.164. The van der Waals surface area contributed by atoms with Gasteiger partial charge in [0.2, 0.25) is 0 Å². The summed E-state index contributed by atoms with van der Waals surface area (Å²) >= 11 is 0. The number of fused-ring (bicyclic) bond motifs is 1. The molecule has 4 rings (SSSR count). The Balaban J connectivity index is 2.06. The molecule has 0 radical (unpaired) electrons. The molecule has 0 saturated carbocycles. The first-order valence-electron chi connectivity index (χ1n) is 13.8. The highest BCUT2D eigenvalue weighted by Gasteiger charge is 2.53. The molecule has 2 aromatic rings. The maximum Gasteiger partial charge on any atom is 0.497 e. The SMILES string of the molecule is COC(=O)[C@@H](OC(C)(C)C)c1c(C)c(N)c(B2OC(C)(C)C(C)(C)O2)c(C)c1-c1ccc2c(c1C)CCCO2. The van der Waals surface area contributed by atoms with Gasteiger partial charge in [0.05, 0.1) is 30.5 Å². The minimum atomic E-state index is -0.981. The molecule has 2 N–H and O–H groups in total. The predicted molar refractivity (Wildman–Crippen MR) is 156 cm³/mol. The van der Waals surface area contributed by atoms with Crippen LogP contribution in [0, 0.1) is 20.8 Å². The molecule has 8 heteroatoms. The van der Waals surface area contributed by atoms with Crippen LogP contribution in [0.25, 0.3) is 11.1 Å². The first-order valence-corrected chi connectivity index (χ1v) is 13.8. The zero-order valence-corrected chi connectivity index (χ0v) is 25.5. The first kappa shape index (κ1) is 29.4. The summed E-state index contributed by atoms with van der Waals surface area (Å²) in [6, 6.07) is 4.10. The molecule has 212 valence electrons. The zero-order valence-electron chi connectivity index (χ0n) is 25.5. The van der Waals surface area contributed by atoms with E-state index in [0.717, 1.165) is 51.9 Å². The molecule has 2 aromatic carbocycles. The highest BCUT2D eigenvalue weighted by Crippen LogP contribution is 2.45. The van der Waals surface area contributed by atoms with Crippen molar-refractivity contribution in [1.29, 1.82) is 0 Å². The molecular weight excluding hydrogens is 493 g/mol. The highest BCUT2D eigenvalue weighted by molar-refractivity contribution is 6.64. The Morgan fingerprint density at radius 1 is 1.03 bits per heavy atom. The minimum absolute atomic E-state index is 0.476. The third-order valence-corrected chi connectivity index (χ3v) is 8.44. The van der Waals surface area contributed by atoms with Gasteiger partial charge >= 0.3 is 13.1 Å². The normalized spacial score (nSPS) is 18.9. The number of esters is 1. The topological polar surface area (TPSA) is 89.2 Å². The molecular formula is C31H44BNO6. The van der Waals surface area contributed by atoms with E-state index in [1.165, 1.54) is 12.7 Å². The summed E-state index contributed by atoms with van der Waals surface area (Å²) in [7, 11) is 0.718. The van der Waals surface area contributed by atoms with Crippen LogP contribution in [0.2, 0.25) is 0 Å². The molecule has 2 heterocycles. The van der Waals surface area contributed by atoms with Crippen LogP contribution >= 0.6 is 0 Å². The second kappa shape index (κ2) is 10.1. The largest absolute Gasteiger partial charge is 0.497 e. The summed E-state index contributed by atoms with van der Waals surface area (Å²) in [5.74, 6) is 0.436. The van der Waals surface area contributed by atoms with Crippen molar-refractivity contribution in [2.45, 2.75) is 105 Å². The van der Waals surface area contributed by atoms with Crippen molar-refractivity contribution in [2.24, 2.45) is 0 Å². The van der Waals surface area contributed by atoms with Crippen LogP contribution in [-0.2, 0) is 30.0 Å². The van der Waals surface area contributed by atoms with Crippen LogP contribution < -0.4 is 15.9 Å². The van der Waals surface area contributed by atoms with Crippen molar-refractivity contribution in [3.63, 3.8) is 0 Å². The number of nitrogen functional groups attached to an aromatic ring is 1. The Morgan fingerprint density at radius 3 is 2.21 bits per heavy atom. The number of hydrogen-bond acceptors (Lipinski definition) is 7. The number of carbonyl (C=O) groups excluding carboxylic acids is 1. The molecule has 1 saturated heterocycles. The van der Waals surface area contributed by atoms with Crippen LogP contribution in [0.15, 0.2) is 12.1 Å². The van der Waals surface area contributed by atoms with Crippen LogP contribution in [0.4, 0.5) is 5.69 Å². The van der Waals surface area contributed by atoms with E-state index >= 15 is 0 Å². The van der Waals surface area contributed by atoms with Gasteiger partial charge in [-0.1, -0.05) is 6.07 Å². The molecule has 39 heavy (non-hydrogen) atoms. The number of rotatable bonds is 5. The van der Waals surface area contributed by atoms with E-state index in [-0.39, 0.29) is 0 Å². The lowest BCUT2D eigenvalue weighted by Gasteiger charge is -2.32. The Labute approximate surface area is 233 Å². The van der Waals surface area contributed by atoms with Crippen molar-refractivity contribution in [1.82, 2.24) is 0 Å². The van der Waals surface area contributed by atoms with E-state index in [1.54, 1.807) is 0 Å². The van der Waals surface area contributed by atoms with E-state index in [2.05, 4.69) is 13.0 Å². The molecule has 1 fully saturated rings. The average Bonchev–Trinajstić information content (AvgIpc) is 3.06. The molecule has 2 aliphatic rings. The standard InChI is InChI=1S/C31H44BNO6/c1-17-20-13-12-16-36-22(20)15-14-21(17)23-18(2)25(32-38-30(7,8)31(9,10)39-32)26(33)19(3)24(23)27(28(34)35-11)37-29(4,5)6/h14-15,27H,12-13,16,33H2,1-11H3/t27-/m0/s1. The molecule has 0 unspecified atom stereocenters. The van der Waals surface area contributed by atoms with Crippen LogP contribution in [0.5, 0.6) is 5.75 Å². The maximum absolute atomic E-state index is 13.3. The van der Waals surface area contributed by atoms with Gasteiger partial charge in [-0.3, -0.25) is 0 Å². The molecule has 0 aliphatic carbocycles. The second-order valence-corrected chi connectivity index (χ2v) is 12.8. The fraction of sp³-hybridized carbons (Fsp3) is 0.581. The monoisotopic (exact) mass is 537 g/mol. The molecule has 2 aliphatic heterocycles. The summed E-state index contributed by atoms with van der Waals surface area (Å²) in [6.07, 6.45) is 0.909. The van der Waals surface area contributed by atoms with Crippen molar-refractivity contribution >= 4 is 24.2 Å². The Morgan fingerprint density at radius 2 is 1.64 bits per heavy atom. The van der Waals surface area contributed by atoms with Crippen molar-refractivity contribution in [3.8, 4) is 16.9 Å². The molecule has 0 aromatic heterocycles. The van der Waals surface area contributed by atoms with E-state index in [9.17, 15) is 4.79 Å². The van der Waals surface area contributed by atoms with Gasteiger partial charge in [-0.05, 0) is 122 Å². The van der Waals surface area contributed by atoms with Crippen molar-refractivity contribution < 1.29 is 28.3 Å². The average molecular weight is 538 g/mol. The van der Waals surface area contributed by atoms with Crippen LogP contribution in [-0.4, -0.2) is 43.6 Å². The maximum atomic E-state index is 13.3. The molecule has 7 nitrogen and oxygen atoms in total. The van der Waals surface area contributed by atoms with Gasteiger partial charge in [0.1, 0.15) is 5.75 Å². The number of benzene rings is 2. The third kappa shape index (κ3) is 5.19. The molecule has 0 spiro atoms. The number of carbonyl (C=O) groups is 1. The van der Waals surface area contributed by atoms with E-state index in [4.69, 9.17) is 29.3 Å². The summed E-state index contributed by atoms with van der Waals surface area (Å²) in [6.45, 7) is 20.7. The number of anilines is 1. The van der Waals surface area contributed by atoms with Gasteiger partial charge in [-0.2, -0.15) is 0 Å². The van der Waals surface area contributed by atoms with Gasteiger partial charge in [0.15, 0.2) is 6.10 Å². The van der Waals surface area contributed by atoms with Crippen LogP contribution in [0.1, 0.15) is 88.8 Å². The second-order valence-electron chi connectivity index (χ2n) is 12.8. The molecule has 0 bridgehead atoms. The van der Waals surface area contributed by atoms with Crippen molar-refractivity contribution in [3.05, 3.63) is 39.9 Å². The quantitative estimate of drug-likeness (QED) is 0.306. The number of ether oxygens (including phenoxy) is 3. The number of hydrogen-bond donors (Lipinski definition) is 1. The summed E-state index contributed by atoms with van der Waals surface area (Å²) in [5.41, 5.74) is 13.0. The summed E-state index contributed by atoms with van der Waals surface area (Å²) < 4.78 is 30.6. The fourth-order valence-corrected chi connectivity index (χ4v) is 5.58. The Bertz CT molecular complexity index is 1280. The highest BCUT2D eigenvalue weighted by atomic mass is 16.7. The van der Waals surface area contributed by atoms with Gasteiger partial charge in [-0.15, -0.1) is 0 Å². The predicted octanol–water partition coefficient (Wildman–Crippen LogP) is 5.51. The van der Waals surface area contributed by atoms with E-state index < -0.39 is 36.0 Å². The number of nitrogens with two attached hydrogens (primary N) is 1. The fourth-order valence-electron chi connectivity index (χ4n) is 5.58. The summed E-state index contributed by atoms with van der Waals surface area (Å²) in [5, 5.41) is 0. The van der Waals surface area contributed by atoms with Crippen LogP contribution in [0.3, 0.4) is 0 Å². The lowest BCUT2D eigenvalue weighted by atomic mass is 9.69. The van der Waals surface area contributed by atoms with Gasteiger partial charge < -0.3 is 29.3 Å². The molecule has 1 atom stereocenters. The van der Waals surface area contributed by atoms with E-state index in [0.29, 0.717) is 17.9 Å². The molecule has 0 amide bonds. The summed E-state index contributed by atoms with van der Waals surface area (Å²) in [4.78, 5) is 13.3. The van der Waals surface area contributed by atoms with Gasteiger partial charge in [0.25, 0.3) is 0 Å². The first-order chi connectivity index (χ1) is 18.0.